The zero-order valence-electron chi connectivity index (χ0n) is 11.2. The van der Waals surface area contributed by atoms with Crippen molar-refractivity contribution in [2.45, 2.75) is 13.5 Å². The van der Waals surface area contributed by atoms with Crippen LogP contribution in [0.5, 0.6) is 5.75 Å². The van der Waals surface area contributed by atoms with Crippen LogP contribution in [0.2, 0.25) is 0 Å². The molecule has 0 spiro atoms. The molecular formula is C14H15FN2O2S. The van der Waals surface area contributed by atoms with Gasteiger partial charge in [0.05, 0.1) is 25.0 Å². The Morgan fingerprint density at radius 3 is 2.85 bits per heavy atom. The van der Waals surface area contributed by atoms with E-state index in [0.29, 0.717) is 18.0 Å². The Balaban J connectivity index is 2.09. The lowest BCUT2D eigenvalue weighted by Crippen LogP contribution is -2.08. The summed E-state index contributed by atoms with van der Waals surface area (Å²) in [7, 11) is 1.53. The average Bonchev–Trinajstić information content (AvgIpc) is 2.84. The van der Waals surface area contributed by atoms with Crippen molar-refractivity contribution < 1.29 is 13.9 Å². The monoisotopic (exact) mass is 294 g/mol. The van der Waals surface area contributed by atoms with Gasteiger partial charge in [0.1, 0.15) is 11.6 Å². The van der Waals surface area contributed by atoms with Crippen LogP contribution >= 0.6 is 11.3 Å². The van der Waals surface area contributed by atoms with Crippen molar-refractivity contribution in [1.29, 1.82) is 0 Å². The Kier molecular flexibility index (Phi) is 4.57. The second-order valence-electron chi connectivity index (χ2n) is 4.14. The Labute approximate surface area is 120 Å². The van der Waals surface area contributed by atoms with Gasteiger partial charge >= 0.3 is 0 Å². The molecule has 1 heterocycles. The van der Waals surface area contributed by atoms with E-state index in [1.807, 2.05) is 11.4 Å². The van der Waals surface area contributed by atoms with Crippen molar-refractivity contribution in [3.8, 4) is 5.75 Å². The Morgan fingerprint density at radius 2 is 2.15 bits per heavy atom. The van der Waals surface area contributed by atoms with E-state index in [1.165, 1.54) is 31.4 Å². The second-order valence-corrected chi connectivity index (χ2v) is 5.14. The number of amides is 1. The van der Waals surface area contributed by atoms with Crippen LogP contribution in [0.25, 0.3) is 0 Å². The number of anilines is 2. The number of halogens is 1. The van der Waals surface area contributed by atoms with Crippen molar-refractivity contribution in [1.82, 2.24) is 0 Å². The number of methoxy groups -OCH3 is 1. The zero-order chi connectivity index (χ0) is 14.5. The van der Waals surface area contributed by atoms with Gasteiger partial charge in [0.2, 0.25) is 5.91 Å². The molecule has 2 aromatic rings. The van der Waals surface area contributed by atoms with Crippen LogP contribution in [-0.2, 0) is 11.3 Å². The van der Waals surface area contributed by atoms with E-state index in [0.717, 1.165) is 10.6 Å². The molecule has 0 fully saturated rings. The molecule has 0 aliphatic carbocycles. The number of carbonyl (C=O) groups excluding carboxylic acids is 1. The van der Waals surface area contributed by atoms with Gasteiger partial charge in [-0.1, -0.05) is 0 Å². The Bertz CT molecular complexity index is 613. The van der Waals surface area contributed by atoms with Gasteiger partial charge in [-0.2, -0.15) is 0 Å². The highest BCUT2D eigenvalue weighted by Gasteiger charge is 2.08. The molecule has 6 heteroatoms. The summed E-state index contributed by atoms with van der Waals surface area (Å²) in [6.07, 6.45) is 0. The largest absolute Gasteiger partial charge is 0.497 e. The van der Waals surface area contributed by atoms with Crippen LogP contribution in [0.1, 0.15) is 11.8 Å². The van der Waals surface area contributed by atoms with Crippen LogP contribution in [0.15, 0.2) is 29.6 Å². The smallest absolute Gasteiger partial charge is 0.221 e. The zero-order valence-corrected chi connectivity index (χ0v) is 12.0. The van der Waals surface area contributed by atoms with Gasteiger partial charge in [-0.25, -0.2) is 4.39 Å². The third-order valence-corrected chi connectivity index (χ3v) is 3.59. The van der Waals surface area contributed by atoms with Crippen LogP contribution in [0.4, 0.5) is 15.8 Å². The first kappa shape index (κ1) is 14.3. The van der Waals surface area contributed by atoms with Gasteiger partial charge in [-0.15, -0.1) is 11.3 Å². The number of benzene rings is 1. The Morgan fingerprint density at radius 1 is 1.35 bits per heavy atom. The van der Waals surface area contributed by atoms with E-state index in [1.54, 1.807) is 12.1 Å². The van der Waals surface area contributed by atoms with Gasteiger partial charge in [-0.3, -0.25) is 4.79 Å². The molecule has 106 valence electrons. The maximum atomic E-state index is 13.7. The standard InChI is InChI=1S/C14H15FN2O2S/c1-9(18)17-12-5-6-20-14(12)8-16-13-7-10(19-2)3-4-11(13)15/h3-7,16H,8H2,1-2H3,(H,17,18). The van der Waals surface area contributed by atoms with E-state index in [4.69, 9.17) is 4.74 Å². The summed E-state index contributed by atoms with van der Waals surface area (Å²) in [5.41, 5.74) is 1.12. The molecule has 0 atom stereocenters. The van der Waals surface area contributed by atoms with Gasteiger partial charge in [0, 0.05) is 17.9 Å². The first-order valence-electron chi connectivity index (χ1n) is 6.01. The summed E-state index contributed by atoms with van der Waals surface area (Å²) in [6, 6.07) is 6.34. The van der Waals surface area contributed by atoms with Crippen LogP contribution in [0.3, 0.4) is 0 Å². The van der Waals surface area contributed by atoms with E-state index in [9.17, 15) is 9.18 Å². The fourth-order valence-electron chi connectivity index (χ4n) is 1.72. The number of thiophene rings is 1. The second kappa shape index (κ2) is 6.38. The summed E-state index contributed by atoms with van der Waals surface area (Å²) in [5, 5.41) is 7.63. The molecule has 0 saturated heterocycles. The molecule has 0 radical (unpaired) electrons. The number of rotatable bonds is 5. The van der Waals surface area contributed by atoms with Gasteiger partial charge < -0.3 is 15.4 Å². The van der Waals surface area contributed by atoms with Crippen molar-refractivity contribution in [3.05, 3.63) is 40.3 Å². The van der Waals surface area contributed by atoms with E-state index in [-0.39, 0.29) is 11.7 Å². The number of ether oxygens (including phenoxy) is 1. The number of nitrogens with one attached hydrogen (secondary N) is 2. The lowest BCUT2D eigenvalue weighted by atomic mass is 10.2. The third-order valence-electron chi connectivity index (χ3n) is 2.67. The minimum atomic E-state index is -0.344. The van der Waals surface area contributed by atoms with Crippen LogP contribution in [-0.4, -0.2) is 13.0 Å². The summed E-state index contributed by atoms with van der Waals surface area (Å²) in [5.74, 6) is 0.114. The fourth-order valence-corrected chi connectivity index (χ4v) is 2.49. The normalized spacial score (nSPS) is 10.2. The molecule has 0 unspecified atom stereocenters. The number of carbonyl (C=O) groups is 1. The molecule has 4 nitrogen and oxygen atoms in total. The van der Waals surface area contributed by atoms with Crippen molar-refractivity contribution in [2.24, 2.45) is 0 Å². The molecule has 0 aliphatic heterocycles. The van der Waals surface area contributed by atoms with Gasteiger partial charge in [-0.05, 0) is 23.6 Å². The highest BCUT2D eigenvalue weighted by molar-refractivity contribution is 7.10. The molecule has 2 N–H and O–H groups in total. The van der Waals surface area contributed by atoms with Crippen molar-refractivity contribution in [3.63, 3.8) is 0 Å². The maximum absolute atomic E-state index is 13.7. The van der Waals surface area contributed by atoms with Gasteiger partial charge in [0.25, 0.3) is 0 Å². The third kappa shape index (κ3) is 3.48. The van der Waals surface area contributed by atoms with Crippen LogP contribution in [0, 0.1) is 5.82 Å². The summed E-state index contributed by atoms with van der Waals surface area (Å²) in [6.45, 7) is 1.88. The molecule has 1 aromatic heterocycles. The van der Waals surface area contributed by atoms with E-state index in [2.05, 4.69) is 10.6 Å². The predicted molar refractivity (Wildman–Crippen MR) is 78.9 cm³/mol. The number of hydrogen-bond acceptors (Lipinski definition) is 4. The number of hydrogen-bond donors (Lipinski definition) is 2. The Hall–Kier alpha value is -2.08. The van der Waals surface area contributed by atoms with Crippen LogP contribution < -0.4 is 15.4 Å². The minimum absolute atomic E-state index is 0.128. The SMILES string of the molecule is COc1ccc(F)c(NCc2sccc2NC(C)=O)c1. The fraction of sp³-hybridized carbons (Fsp3) is 0.214. The molecular weight excluding hydrogens is 279 g/mol. The highest BCUT2D eigenvalue weighted by atomic mass is 32.1. The molecule has 0 saturated carbocycles. The molecule has 2 rings (SSSR count). The molecule has 0 bridgehead atoms. The summed E-state index contributed by atoms with van der Waals surface area (Å²) >= 11 is 1.50. The molecule has 1 aromatic carbocycles. The predicted octanol–water partition coefficient (Wildman–Crippen LogP) is 3.47. The molecule has 20 heavy (non-hydrogen) atoms. The summed E-state index contributed by atoms with van der Waals surface area (Å²) < 4.78 is 18.7. The first-order chi connectivity index (χ1) is 9.60. The highest BCUT2D eigenvalue weighted by Crippen LogP contribution is 2.26. The molecule has 1 amide bonds. The van der Waals surface area contributed by atoms with Crippen molar-refractivity contribution >= 4 is 28.6 Å². The summed E-state index contributed by atoms with van der Waals surface area (Å²) in [4.78, 5) is 12.0. The van der Waals surface area contributed by atoms with E-state index < -0.39 is 0 Å². The van der Waals surface area contributed by atoms with Crippen molar-refractivity contribution in [2.75, 3.05) is 17.7 Å². The molecule has 0 aliphatic rings. The quantitative estimate of drug-likeness (QED) is 0.888. The van der Waals surface area contributed by atoms with E-state index >= 15 is 0 Å². The first-order valence-corrected chi connectivity index (χ1v) is 6.89. The average molecular weight is 294 g/mol. The maximum Gasteiger partial charge on any atom is 0.221 e. The lowest BCUT2D eigenvalue weighted by Gasteiger charge is -2.10. The minimum Gasteiger partial charge on any atom is -0.497 e. The van der Waals surface area contributed by atoms with Gasteiger partial charge in [0.15, 0.2) is 0 Å². The lowest BCUT2D eigenvalue weighted by molar-refractivity contribution is -0.114. The topological polar surface area (TPSA) is 50.4 Å².